The van der Waals surface area contributed by atoms with Crippen molar-refractivity contribution in [2.75, 3.05) is 20.8 Å². The largest absolute Gasteiger partial charge is 0.465 e. The van der Waals surface area contributed by atoms with Gasteiger partial charge in [0.15, 0.2) is 5.11 Å². The van der Waals surface area contributed by atoms with E-state index < -0.39 is 12.0 Å². The number of allylic oxidation sites excluding steroid dienone is 1. The van der Waals surface area contributed by atoms with Crippen LogP contribution in [0, 0.1) is 0 Å². The van der Waals surface area contributed by atoms with Crippen LogP contribution in [0.15, 0.2) is 35.5 Å². The minimum atomic E-state index is -0.431. The molecule has 24 heavy (non-hydrogen) atoms. The molecular formula is C17H20N2O4S. The van der Waals surface area contributed by atoms with Crippen LogP contribution in [0.25, 0.3) is 0 Å². The summed E-state index contributed by atoms with van der Waals surface area (Å²) in [6.45, 7) is 3.88. The molecule has 1 N–H and O–H groups in total. The minimum Gasteiger partial charge on any atom is -0.465 e. The van der Waals surface area contributed by atoms with Crippen LogP contribution in [-0.2, 0) is 14.3 Å². The van der Waals surface area contributed by atoms with Crippen molar-refractivity contribution in [2.24, 2.45) is 0 Å². The third kappa shape index (κ3) is 3.41. The quantitative estimate of drug-likeness (QED) is 0.661. The van der Waals surface area contributed by atoms with E-state index in [0.29, 0.717) is 16.2 Å². The highest BCUT2D eigenvalue weighted by Crippen LogP contribution is 2.30. The molecule has 7 heteroatoms. The first-order valence-electron chi connectivity index (χ1n) is 7.51. The monoisotopic (exact) mass is 348 g/mol. The molecule has 128 valence electrons. The van der Waals surface area contributed by atoms with Gasteiger partial charge in [-0.3, -0.25) is 0 Å². The van der Waals surface area contributed by atoms with Crippen molar-refractivity contribution in [3.8, 4) is 0 Å². The first-order valence-corrected chi connectivity index (χ1v) is 7.91. The van der Waals surface area contributed by atoms with Gasteiger partial charge in [-0.05, 0) is 43.8 Å². The molecule has 0 saturated carbocycles. The fraction of sp³-hybridized carbons (Fsp3) is 0.353. The fourth-order valence-electron chi connectivity index (χ4n) is 2.49. The van der Waals surface area contributed by atoms with Gasteiger partial charge >= 0.3 is 11.9 Å². The van der Waals surface area contributed by atoms with E-state index in [-0.39, 0.29) is 12.6 Å². The van der Waals surface area contributed by atoms with Gasteiger partial charge in [0, 0.05) is 12.7 Å². The Balaban J connectivity index is 2.43. The maximum Gasteiger partial charge on any atom is 0.338 e. The third-order valence-corrected chi connectivity index (χ3v) is 4.31. The standard InChI is InChI=1S/C17H20N2O4S/c1-5-23-16(21)13-10(2)19(3)17(24)18-14(13)11-6-8-12(9-7-11)15(20)22-4/h6-9,14H,5H2,1-4H3,(H,18,24)/t14-/m1/s1. The number of methoxy groups -OCH3 is 1. The smallest absolute Gasteiger partial charge is 0.338 e. The number of benzene rings is 1. The highest BCUT2D eigenvalue weighted by atomic mass is 32.1. The van der Waals surface area contributed by atoms with Crippen LogP contribution < -0.4 is 5.32 Å². The molecule has 0 aliphatic carbocycles. The Hall–Kier alpha value is -2.41. The molecular weight excluding hydrogens is 328 g/mol. The second kappa shape index (κ2) is 7.44. The summed E-state index contributed by atoms with van der Waals surface area (Å²) in [4.78, 5) is 25.7. The summed E-state index contributed by atoms with van der Waals surface area (Å²) in [5.41, 5.74) is 2.48. The Bertz CT molecular complexity index is 697. The van der Waals surface area contributed by atoms with Gasteiger partial charge in [0.05, 0.1) is 30.9 Å². The van der Waals surface area contributed by atoms with Crippen molar-refractivity contribution in [1.82, 2.24) is 10.2 Å². The van der Waals surface area contributed by atoms with Crippen LogP contribution in [-0.4, -0.2) is 42.7 Å². The Morgan fingerprint density at radius 1 is 1.25 bits per heavy atom. The first-order chi connectivity index (χ1) is 11.4. The van der Waals surface area contributed by atoms with Gasteiger partial charge in [0.25, 0.3) is 0 Å². The number of hydrogen-bond donors (Lipinski definition) is 1. The average Bonchev–Trinajstić information content (AvgIpc) is 2.59. The van der Waals surface area contributed by atoms with Gasteiger partial charge in [-0.2, -0.15) is 0 Å². The molecule has 0 unspecified atom stereocenters. The van der Waals surface area contributed by atoms with E-state index in [4.69, 9.17) is 21.7 Å². The van der Waals surface area contributed by atoms with E-state index in [1.807, 2.05) is 6.92 Å². The fourth-order valence-corrected chi connectivity index (χ4v) is 2.74. The number of carbonyl (C=O) groups excluding carboxylic acids is 2. The number of nitrogens with zero attached hydrogens (tertiary/aromatic N) is 1. The van der Waals surface area contributed by atoms with Crippen LogP contribution in [0.5, 0.6) is 0 Å². The summed E-state index contributed by atoms with van der Waals surface area (Å²) < 4.78 is 9.88. The summed E-state index contributed by atoms with van der Waals surface area (Å²) in [6, 6.07) is 6.42. The SMILES string of the molecule is CCOC(=O)C1=C(C)N(C)C(=S)N[C@@H]1c1ccc(C(=O)OC)cc1. The van der Waals surface area contributed by atoms with Crippen molar-refractivity contribution in [3.63, 3.8) is 0 Å². The Labute approximate surface area is 146 Å². The minimum absolute atomic E-state index is 0.289. The van der Waals surface area contributed by atoms with E-state index in [1.165, 1.54) is 7.11 Å². The average molecular weight is 348 g/mol. The van der Waals surface area contributed by atoms with Crippen LogP contribution in [0.2, 0.25) is 0 Å². The lowest BCUT2D eigenvalue weighted by Gasteiger charge is -2.35. The zero-order chi connectivity index (χ0) is 17.9. The first kappa shape index (κ1) is 17.9. The van der Waals surface area contributed by atoms with E-state index >= 15 is 0 Å². The molecule has 1 aliphatic rings. The number of rotatable bonds is 4. The maximum absolute atomic E-state index is 12.4. The van der Waals surface area contributed by atoms with Crippen LogP contribution in [0.1, 0.15) is 35.8 Å². The number of esters is 2. The highest BCUT2D eigenvalue weighted by Gasteiger charge is 2.33. The van der Waals surface area contributed by atoms with Gasteiger partial charge in [-0.15, -0.1) is 0 Å². The molecule has 6 nitrogen and oxygen atoms in total. The molecule has 0 radical (unpaired) electrons. The zero-order valence-corrected chi connectivity index (χ0v) is 14.9. The van der Waals surface area contributed by atoms with Crippen molar-refractivity contribution in [1.29, 1.82) is 0 Å². The van der Waals surface area contributed by atoms with Crippen molar-refractivity contribution < 1.29 is 19.1 Å². The predicted octanol–water partition coefficient (Wildman–Crippen LogP) is 2.17. The summed E-state index contributed by atoms with van der Waals surface area (Å²) in [5.74, 6) is -0.801. The maximum atomic E-state index is 12.4. The molecule has 0 spiro atoms. The third-order valence-electron chi connectivity index (χ3n) is 3.91. The Morgan fingerprint density at radius 3 is 2.42 bits per heavy atom. The lowest BCUT2D eigenvalue weighted by molar-refractivity contribution is -0.139. The molecule has 1 aromatic rings. The van der Waals surface area contributed by atoms with Gasteiger partial charge in [-0.25, -0.2) is 9.59 Å². The molecule has 1 aromatic carbocycles. The lowest BCUT2D eigenvalue weighted by atomic mass is 9.94. The number of ether oxygens (including phenoxy) is 2. The van der Waals surface area contributed by atoms with E-state index in [2.05, 4.69) is 5.32 Å². The van der Waals surface area contributed by atoms with Gasteiger partial charge in [0.1, 0.15) is 0 Å². The van der Waals surface area contributed by atoms with Crippen LogP contribution in [0.4, 0.5) is 0 Å². The van der Waals surface area contributed by atoms with Gasteiger partial charge < -0.3 is 19.7 Å². The molecule has 0 bridgehead atoms. The van der Waals surface area contributed by atoms with E-state index in [1.54, 1.807) is 43.1 Å². The Kier molecular flexibility index (Phi) is 5.56. The van der Waals surface area contributed by atoms with Crippen molar-refractivity contribution >= 4 is 29.3 Å². The summed E-state index contributed by atoms with van der Waals surface area (Å²) in [6.07, 6.45) is 0. The number of carbonyl (C=O) groups is 2. The lowest BCUT2D eigenvalue weighted by Crippen LogP contribution is -2.46. The molecule has 0 amide bonds. The second-order valence-electron chi connectivity index (χ2n) is 5.27. The van der Waals surface area contributed by atoms with Crippen molar-refractivity contribution in [3.05, 3.63) is 46.7 Å². The molecule has 2 rings (SSSR count). The van der Waals surface area contributed by atoms with Crippen LogP contribution in [0.3, 0.4) is 0 Å². The number of nitrogens with one attached hydrogen (secondary N) is 1. The zero-order valence-electron chi connectivity index (χ0n) is 14.1. The highest BCUT2D eigenvalue weighted by molar-refractivity contribution is 7.80. The molecule has 0 saturated heterocycles. The molecule has 1 heterocycles. The topological polar surface area (TPSA) is 67.9 Å². The predicted molar refractivity (Wildman–Crippen MR) is 93.4 cm³/mol. The van der Waals surface area contributed by atoms with E-state index in [9.17, 15) is 9.59 Å². The Morgan fingerprint density at radius 2 is 1.88 bits per heavy atom. The summed E-state index contributed by atoms with van der Waals surface area (Å²) >= 11 is 5.33. The van der Waals surface area contributed by atoms with E-state index in [0.717, 1.165) is 11.3 Å². The summed E-state index contributed by atoms with van der Waals surface area (Å²) in [7, 11) is 3.12. The second-order valence-corrected chi connectivity index (χ2v) is 5.66. The van der Waals surface area contributed by atoms with Crippen LogP contribution >= 0.6 is 12.2 Å². The summed E-state index contributed by atoms with van der Waals surface area (Å²) in [5, 5.41) is 3.66. The number of hydrogen-bond acceptors (Lipinski definition) is 5. The molecule has 0 aromatic heterocycles. The van der Waals surface area contributed by atoms with Crippen molar-refractivity contribution in [2.45, 2.75) is 19.9 Å². The molecule has 1 aliphatic heterocycles. The van der Waals surface area contributed by atoms with Gasteiger partial charge in [0.2, 0.25) is 0 Å². The molecule has 1 atom stereocenters. The van der Waals surface area contributed by atoms with Gasteiger partial charge in [-0.1, -0.05) is 12.1 Å². The number of thiocarbonyl (C=S) groups is 1. The normalized spacial score (nSPS) is 17.4. The molecule has 0 fully saturated rings.